The predicted molar refractivity (Wildman–Crippen MR) is 216 cm³/mol. The quantitative estimate of drug-likeness (QED) is 0.185. The number of allylic oxidation sites excluding steroid dienone is 2. The van der Waals surface area contributed by atoms with E-state index in [4.69, 9.17) is 0 Å². The average Bonchev–Trinajstić information content (AvgIpc) is 3.51. The standard InChI is InChI=1S/C49H38N2/c1-49(2,3)37-26-34-21-23-41-43(32-19-17-31(18-20-32)36-11-9-25-50-30-36)29-44(42-24-22-35(27-37)47(34)48(41)42)33-10-8-12-38(28-33)51-45-15-6-4-13-39(45)40-14-5-7-16-46(40)51/h4-25,27-30,34H,26H2,1-3H3. The molecule has 2 nitrogen and oxygen atoms in total. The van der Waals surface area contributed by atoms with Gasteiger partial charge in [0.05, 0.1) is 11.0 Å². The van der Waals surface area contributed by atoms with Crippen LogP contribution in [0.5, 0.6) is 0 Å². The number of hydrogen-bond acceptors (Lipinski definition) is 1. The van der Waals surface area contributed by atoms with Crippen LogP contribution in [-0.4, -0.2) is 9.55 Å². The molecule has 8 aromatic rings. The monoisotopic (exact) mass is 654 g/mol. The van der Waals surface area contributed by atoms with Gasteiger partial charge in [-0.15, -0.1) is 0 Å². The summed E-state index contributed by atoms with van der Waals surface area (Å²) in [6, 6.07) is 47.0. The van der Waals surface area contributed by atoms with E-state index in [1.807, 2.05) is 18.5 Å². The molecule has 2 heteroatoms. The lowest BCUT2D eigenvalue weighted by atomic mass is 9.70. The minimum Gasteiger partial charge on any atom is -0.309 e. The second kappa shape index (κ2) is 11.3. The molecule has 0 saturated carbocycles. The van der Waals surface area contributed by atoms with Crippen LogP contribution in [0.2, 0.25) is 0 Å². The summed E-state index contributed by atoms with van der Waals surface area (Å²) in [5.41, 5.74) is 16.7. The van der Waals surface area contributed by atoms with E-state index >= 15 is 0 Å². The van der Waals surface area contributed by atoms with Crippen molar-refractivity contribution in [3.05, 3.63) is 168 Å². The molecule has 2 heterocycles. The van der Waals surface area contributed by atoms with Crippen LogP contribution >= 0.6 is 0 Å². The number of nitrogens with zero attached hydrogens (tertiary/aromatic N) is 2. The Labute approximate surface area is 299 Å². The summed E-state index contributed by atoms with van der Waals surface area (Å²) in [5.74, 6) is 0.371. The molecule has 0 N–H and O–H groups in total. The first-order valence-electron chi connectivity index (χ1n) is 18.0. The maximum atomic E-state index is 4.36. The summed E-state index contributed by atoms with van der Waals surface area (Å²) >= 11 is 0. The molecule has 0 spiro atoms. The lowest BCUT2D eigenvalue weighted by Gasteiger charge is -2.34. The molecule has 244 valence electrons. The van der Waals surface area contributed by atoms with Gasteiger partial charge in [0.1, 0.15) is 0 Å². The Bertz CT molecular complexity index is 2680. The number of aromatic nitrogens is 2. The van der Waals surface area contributed by atoms with Crippen LogP contribution < -0.4 is 0 Å². The number of fused-ring (bicyclic) bond motifs is 3. The minimum atomic E-state index is 0.136. The zero-order valence-electron chi connectivity index (χ0n) is 29.2. The molecule has 0 amide bonds. The highest BCUT2D eigenvalue weighted by Crippen LogP contribution is 2.51. The van der Waals surface area contributed by atoms with E-state index in [-0.39, 0.29) is 5.41 Å². The second-order valence-corrected chi connectivity index (χ2v) is 15.2. The predicted octanol–water partition coefficient (Wildman–Crippen LogP) is 13.3. The van der Waals surface area contributed by atoms with Crippen molar-refractivity contribution in [3.63, 3.8) is 0 Å². The van der Waals surface area contributed by atoms with Gasteiger partial charge in [-0.1, -0.05) is 136 Å². The molecular weight excluding hydrogens is 617 g/mol. The maximum Gasteiger partial charge on any atom is 0.0541 e. The summed E-state index contributed by atoms with van der Waals surface area (Å²) in [7, 11) is 0. The number of hydrogen-bond donors (Lipinski definition) is 0. The number of pyridine rings is 1. The molecule has 1 unspecified atom stereocenters. The van der Waals surface area contributed by atoms with Gasteiger partial charge in [0.2, 0.25) is 0 Å². The van der Waals surface area contributed by atoms with E-state index in [1.54, 1.807) is 0 Å². The summed E-state index contributed by atoms with van der Waals surface area (Å²) in [4.78, 5) is 4.36. The lowest BCUT2D eigenvalue weighted by Crippen LogP contribution is -2.17. The third-order valence-corrected chi connectivity index (χ3v) is 11.2. The van der Waals surface area contributed by atoms with Crippen molar-refractivity contribution in [2.75, 3.05) is 0 Å². The Morgan fingerprint density at radius 3 is 2.08 bits per heavy atom. The highest BCUT2D eigenvalue weighted by atomic mass is 15.0. The van der Waals surface area contributed by atoms with Crippen LogP contribution in [-0.2, 0) is 0 Å². The zero-order valence-corrected chi connectivity index (χ0v) is 29.2. The highest BCUT2D eigenvalue weighted by molar-refractivity contribution is 6.11. The van der Waals surface area contributed by atoms with Crippen molar-refractivity contribution in [1.82, 2.24) is 9.55 Å². The summed E-state index contributed by atoms with van der Waals surface area (Å²) in [6.07, 6.45) is 12.2. The molecule has 0 fully saturated rings. The molecule has 2 aliphatic carbocycles. The number of rotatable bonds is 4. The van der Waals surface area contributed by atoms with Crippen molar-refractivity contribution >= 4 is 44.7 Å². The first-order chi connectivity index (χ1) is 24.9. The largest absolute Gasteiger partial charge is 0.309 e. The highest BCUT2D eigenvalue weighted by Gasteiger charge is 2.31. The smallest absolute Gasteiger partial charge is 0.0541 e. The maximum absolute atomic E-state index is 4.36. The van der Waals surface area contributed by atoms with Crippen molar-refractivity contribution in [2.24, 2.45) is 5.41 Å². The van der Waals surface area contributed by atoms with E-state index in [2.05, 4.69) is 170 Å². The normalized spacial score (nSPS) is 15.1. The molecule has 0 saturated heterocycles. The van der Waals surface area contributed by atoms with Crippen LogP contribution in [0, 0.1) is 5.41 Å². The fourth-order valence-electron chi connectivity index (χ4n) is 8.63. The Hall–Kier alpha value is -5.99. The fraction of sp³-hybridized carbons (Fsp3) is 0.122. The Morgan fingerprint density at radius 2 is 1.35 bits per heavy atom. The number of para-hydroxylation sites is 2. The first kappa shape index (κ1) is 29.9. The number of benzene rings is 6. The van der Waals surface area contributed by atoms with Gasteiger partial charge in [0, 0.05) is 34.8 Å². The van der Waals surface area contributed by atoms with Gasteiger partial charge in [0.25, 0.3) is 0 Å². The van der Waals surface area contributed by atoms with Crippen LogP contribution in [0.3, 0.4) is 0 Å². The Balaban J connectivity index is 1.22. The van der Waals surface area contributed by atoms with Gasteiger partial charge in [-0.2, -0.15) is 0 Å². The van der Waals surface area contributed by atoms with Gasteiger partial charge >= 0.3 is 0 Å². The topological polar surface area (TPSA) is 17.8 Å². The van der Waals surface area contributed by atoms with Gasteiger partial charge in [-0.3, -0.25) is 4.98 Å². The van der Waals surface area contributed by atoms with Crippen molar-refractivity contribution < 1.29 is 0 Å². The van der Waals surface area contributed by atoms with Crippen molar-refractivity contribution in [3.8, 4) is 39.1 Å². The molecular formula is C49H38N2. The molecule has 2 aliphatic rings. The summed E-state index contributed by atoms with van der Waals surface area (Å²) < 4.78 is 2.42. The third-order valence-electron chi connectivity index (χ3n) is 11.2. The SMILES string of the molecule is CC(C)(C)C1=Cc2ccc3c(-c4cccc(-n5c6ccccc6c6ccccc65)c4)cc(-c4ccc(-c5cccnc5)cc4)c4c3c2C(C=C4)C1. The molecule has 51 heavy (non-hydrogen) atoms. The van der Waals surface area contributed by atoms with E-state index < -0.39 is 0 Å². The molecule has 6 aromatic carbocycles. The molecule has 10 rings (SSSR count). The Morgan fingerprint density at radius 1 is 0.627 bits per heavy atom. The average molecular weight is 655 g/mol. The lowest BCUT2D eigenvalue weighted by molar-refractivity contribution is 0.477. The van der Waals surface area contributed by atoms with Gasteiger partial charge < -0.3 is 4.57 Å². The van der Waals surface area contributed by atoms with Gasteiger partial charge in [-0.05, 0) is 109 Å². The summed E-state index contributed by atoms with van der Waals surface area (Å²) in [6.45, 7) is 7.04. The van der Waals surface area contributed by atoms with E-state index in [9.17, 15) is 0 Å². The van der Waals surface area contributed by atoms with Crippen LogP contribution in [0.4, 0.5) is 0 Å². The zero-order chi connectivity index (χ0) is 34.3. The summed E-state index contributed by atoms with van der Waals surface area (Å²) in [5, 5.41) is 5.27. The molecule has 2 aromatic heterocycles. The van der Waals surface area contributed by atoms with Crippen LogP contribution in [0.1, 0.15) is 49.8 Å². The molecule has 0 aliphatic heterocycles. The van der Waals surface area contributed by atoms with E-state index in [1.165, 1.54) is 88.3 Å². The first-order valence-corrected chi connectivity index (χ1v) is 18.0. The van der Waals surface area contributed by atoms with E-state index in [0.29, 0.717) is 5.92 Å². The molecule has 0 radical (unpaired) electrons. The van der Waals surface area contributed by atoms with Crippen molar-refractivity contribution in [2.45, 2.75) is 33.1 Å². The fourth-order valence-corrected chi connectivity index (χ4v) is 8.63. The molecule has 0 bridgehead atoms. The Kier molecular flexibility index (Phi) is 6.60. The minimum absolute atomic E-state index is 0.136. The van der Waals surface area contributed by atoms with Crippen molar-refractivity contribution in [1.29, 1.82) is 0 Å². The van der Waals surface area contributed by atoms with Gasteiger partial charge in [0.15, 0.2) is 0 Å². The van der Waals surface area contributed by atoms with Crippen LogP contribution in [0.15, 0.2) is 151 Å². The second-order valence-electron chi connectivity index (χ2n) is 15.2. The van der Waals surface area contributed by atoms with E-state index in [0.717, 1.165) is 12.0 Å². The van der Waals surface area contributed by atoms with Gasteiger partial charge in [-0.25, -0.2) is 0 Å². The molecule has 1 atom stereocenters. The van der Waals surface area contributed by atoms with Crippen LogP contribution in [0.25, 0.3) is 83.8 Å². The third kappa shape index (κ3) is 4.74.